The number of hydrogen-bond acceptors (Lipinski definition) is 1. The Hall–Kier alpha value is -0.0300. The van der Waals surface area contributed by atoms with Gasteiger partial charge < -0.3 is 4.74 Å². The van der Waals surface area contributed by atoms with Crippen molar-refractivity contribution in [3.05, 3.63) is 34.3 Å². The lowest BCUT2D eigenvalue weighted by Crippen LogP contribution is -2.45. The summed E-state index contributed by atoms with van der Waals surface area (Å²) < 4.78 is 79.5. The summed E-state index contributed by atoms with van der Waals surface area (Å²) in [6.45, 7) is 0. The fourth-order valence-corrected chi connectivity index (χ4v) is 2.66. The highest BCUT2D eigenvalue weighted by molar-refractivity contribution is 14.1. The maximum atomic E-state index is 12.5. The standard InChI is InChI=1S/C11H8BrF6IO/c12-7-4-2-1-3-6(7)8(5-19)20-9(10(13,14)15)11(16,17)18/h1-4,8-9H,5H2. The smallest absolute Gasteiger partial charge is 0.352 e. The van der Waals surface area contributed by atoms with Crippen molar-refractivity contribution in [2.24, 2.45) is 0 Å². The average Bonchev–Trinajstić information content (AvgIpc) is 2.28. The van der Waals surface area contributed by atoms with E-state index in [1.807, 2.05) is 0 Å². The minimum absolute atomic E-state index is 0.0525. The molecule has 0 N–H and O–H groups in total. The molecule has 1 atom stereocenters. The first-order valence-corrected chi connectivity index (χ1v) is 7.48. The largest absolute Gasteiger partial charge is 0.423 e. The van der Waals surface area contributed by atoms with Crippen molar-refractivity contribution < 1.29 is 31.1 Å². The molecule has 9 heteroatoms. The minimum atomic E-state index is -5.51. The number of alkyl halides is 7. The minimum Gasteiger partial charge on any atom is -0.352 e. The summed E-state index contributed by atoms with van der Waals surface area (Å²) in [6, 6.07) is 6.05. The van der Waals surface area contributed by atoms with Gasteiger partial charge in [0.2, 0.25) is 6.10 Å². The van der Waals surface area contributed by atoms with Crippen LogP contribution in [-0.4, -0.2) is 22.9 Å². The predicted molar refractivity (Wildman–Crippen MR) is 72.8 cm³/mol. The zero-order valence-corrected chi connectivity index (χ0v) is 13.3. The predicted octanol–water partition coefficient (Wildman–Crippen LogP) is 5.44. The Labute approximate surface area is 132 Å². The first kappa shape index (κ1) is 18.0. The molecule has 0 radical (unpaired) electrons. The topological polar surface area (TPSA) is 9.23 Å². The van der Waals surface area contributed by atoms with E-state index in [-0.39, 0.29) is 9.99 Å². The molecule has 0 aliphatic heterocycles. The Balaban J connectivity index is 3.05. The van der Waals surface area contributed by atoms with Crippen LogP contribution in [0.25, 0.3) is 0 Å². The molecule has 0 spiro atoms. The molecule has 0 aliphatic rings. The third-order valence-electron chi connectivity index (χ3n) is 2.29. The van der Waals surface area contributed by atoms with Crippen LogP contribution in [0.2, 0.25) is 0 Å². The second kappa shape index (κ2) is 6.82. The quantitative estimate of drug-likeness (QED) is 0.319. The van der Waals surface area contributed by atoms with Gasteiger partial charge in [0, 0.05) is 8.90 Å². The summed E-state index contributed by atoms with van der Waals surface area (Å²) >= 11 is 4.76. The molecular weight excluding hydrogens is 469 g/mol. The summed E-state index contributed by atoms with van der Waals surface area (Å²) in [6.07, 6.45) is -16.1. The molecule has 1 aromatic carbocycles. The number of halogens is 8. The van der Waals surface area contributed by atoms with E-state index in [0.29, 0.717) is 4.47 Å². The van der Waals surface area contributed by atoms with Gasteiger partial charge in [-0.2, -0.15) is 26.3 Å². The van der Waals surface area contributed by atoms with Crippen LogP contribution in [0.5, 0.6) is 0 Å². The van der Waals surface area contributed by atoms with Gasteiger partial charge in [0.05, 0.1) is 6.10 Å². The Kier molecular flexibility index (Phi) is 6.14. The molecule has 0 heterocycles. The summed E-state index contributed by atoms with van der Waals surface area (Å²) in [7, 11) is 0. The lowest BCUT2D eigenvalue weighted by molar-refractivity contribution is -0.330. The Bertz CT molecular complexity index is 433. The molecule has 20 heavy (non-hydrogen) atoms. The van der Waals surface area contributed by atoms with Gasteiger partial charge in [0.1, 0.15) is 0 Å². The summed E-state index contributed by atoms with van der Waals surface area (Å²) in [5, 5.41) is 0. The van der Waals surface area contributed by atoms with E-state index in [0.717, 1.165) is 0 Å². The van der Waals surface area contributed by atoms with Crippen LogP contribution in [-0.2, 0) is 4.74 Å². The van der Waals surface area contributed by atoms with Gasteiger partial charge in [-0.15, -0.1) is 0 Å². The van der Waals surface area contributed by atoms with Crippen molar-refractivity contribution in [2.75, 3.05) is 4.43 Å². The Morgan fingerprint density at radius 2 is 1.55 bits per heavy atom. The van der Waals surface area contributed by atoms with Crippen LogP contribution in [0.1, 0.15) is 11.7 Å². The van der Waals surface area contributed by atoms with Crippen LogP contribution in [0.4, 0.5) is 26.3 Å². The molecule has 0 saturated heterocycles. The van der Waals surface area contributed by atoms with Crippen molar-refractivity contribution >= 4 is 38.5 Å². The Morgan fingerprint density at radius 3 is 1.95 bits per heavy atom. The molecular formula is C11H8BrF6IO. The molecule has 0 bridgehead atoms. The maximum absolute atomic E-state index is 12.5. The van der Waals surface area contributed by atoms with Gasteiger partial charge in [-0.25, -0.2) is 0 Å². The van der Waals surface area contributed by atoms with Crippen LogP contribution in [0.3, 0.4) is 0 Å². The van der Waals surface area contributed by atoms with Crippen LogP contribution < -0.4 is 0 Å². The van der Waals surface area contributed by atoms with Gasteiger partial charge in [-0.3, -0.25) is 0 Å². The molecule has 0 aliphatic carbocycles. The zero-order valence-electron chi connectivity index (χ0n) is 9.60. The number of ether oxygens (including phenoxy) is 1. The van der Waals surface area contributed by atoms with E-state index < -0.39 is 24.6 Å². The normalized spacial score (nSPS) is 14.7. The van der Waals surface area contributed by atoms with E-state index >= 15 is 0 Å². The molecule has 1 rings (SSSR count). The molecule has 0 amide bonds. The van der Waals surface area contributed by atoms with Gasteiger partial charge in [-0.1, -0.05) is 56.7 Å². The summed E-state index contributed by atoms with van der Waals surface area (Å²) in [5.74, 6) is 0. The van der Waals surface area contributed by atoms with Gasteiger partial charge in [-0.05, 0) is 11.6 Å². The highest BCUT2D eigenvalue weighted by atomic mass is 127. The van der Waals surface area contributed by atoms with Gasteiger partial charge in [0.15, 0.2) is 0 Å². The summed E-state index contributed by atoms with van der Waals surface area (Å²) in [4.78, 5) is 0. The SMILES string of the molecule is FC(F)(F)C(OC(CI)c1ccccc1Br)C(F)(F)F. The highest BCUT2D eigenvalue weighted by Gasteiger charge is 2.58. The number of hydrogen-bond donors (Lipinski definition) is 0. The van der Waals surface area contributed by atoms with Gasteiger partial charge >= 0.3 is 12.4 Å². The lowest BCUT2D eigenvalue weighted by atomic mass is 10.1. The molecule has 1 nitrogen and oxygen atoms in total. The van der Waals surface area contributed by atoms with Gasteiger partial charge in [0.25, 0.3) is 0 Å². The van der Waals surface area contributed by atoms with Crippen LogP contribution in [0.15, 0.2) is 28.7 Å². The molecule has 114 valence electrons. The van der Waals surface area contributed by atoms with Crippen molar-refractivity contribution in [1.29, 1.82) is 0 Å². The third kappa shape index (κ3) is 4.76. The highest BCUT2D eigenvalue weighted by Crippen LogP contribution is 2.40. The van der Waals surface area contributed by atoms with Crippen LogP contribution >= 0.6 is 38.5 Å². The van der Waals surface area contributed by atoms with Crippen molar-refractivity contribution in [3.63, 3.8) is 0 Å². The molecule has 0 aromatic heterocycles. The monoisotopic (exact) mass is 476 g/mol. The maximum Gasteiger partial charge on any atom is 0.423 e. The first-order valence-electron chi connectivity index (χ1n) is 5.16. The molecule has 1 unspecified atom stereocenters. The van der Waals surface area contributed by atoms with Crippen molar-refractivity contribution in [3.8, 4) is 0 Å². The zero-order chi connectivity index (χ0) is 15.6. The molecule has 1 aromatic rings. The molecule has 0 saturated carbocycles. The average molecular weight is 477 g/mol. The molecule has 0 fully saturated rings. The van der Waals surface area contributed by atoms with E-state index in [1.54, 1.807) is 28.7 Å². The van der Waals surface area contributed by atoms with E-state index in [4.69, 9.17) is 0 Å². The third-order valence-corrected chi connectivity index (χ3v) is 3.81. The first-order chi connectivity index (χ1) is 9.07. The Morgan fingerprint density at radius 1 is 1.05 bits per heavy atom. The number of benzene rings is 1. The van der Waals surface area contributed by atoms with Crippen LogP contribution in [0, 0.1) is 0 Å². The van der Waals surface area contributed by atoms with E-state index in [1.165, 1.54) is 18.2 Å². The second-order valence-electron chi connectivity index (χ2n) is 3.76. The van der Waals surface area contributed by atoms with E-state index in [9.17, 15) is 26.3 Å². The van der Waals surface area contributed by atoms with Crippen molar-refractivity contribution in [2.45, 2.75) is 24.6 Å². The fraction of sp³-hybridized carbons (Fsp3) is 0.455. The van der Waals surface area contributed by atoms with E-state index in [2.05, 4.69) is 20.7 Å². The van der Waals surface area contributed by atoms with Crippen molar-refractivity contribution in [1.82, 2.24) is 0 Å². The second-order valence-corrected chi connectivity index (χ2v) is 5.50. The lowest BCUT2D eigenvalue weighted by Gasteiger charge is -2.27. The fourth-order valence-electron chi connectivity index (χ4n) is 1.43. The number of rotatable bonds is 4. The summed E-state index contributed by atoms with van der Waals surface area (Å²) in [5.41, 5.74) is 0.236.